The Morgan fingerprint density at radius 2 is 1.94 bits per heavy atom. The molecule has 176 valence electrons. The molecule has 1 saturated carbocycles. The van der Waals surface area contributed by atoms with Crippen LogP contribution in [0.1, 0.15) is 55.8 Å². The number of nitrogens with zero attached hydrogens (tertiary/aromatic N) is 6. The highest BCUT2D eigenvalue weighted by molar-refractivity contribution is 6.06. The van der Waals surface area contributed by atoms with E-state index in [9.17, 15) is 0 Å². The van der Waals surface area contributed by atoms with E-state index in [-0.39, 0.29) is 6.61 Å². The highest BCUT2D eigenvalue weighted by Gasteiger charge is 2.22. The molecule has 0 amide bonds. The number of anilines is 2. The zero-order valence-electron chi connectivity index (χ0n) is 19.5. The maximum absolute atomic E-state index is 9.10. The monoisotopic (exact) mass is 457 g/mol. The summed E-state index contributed by atoms with van der Waals surface area (Å²) in [7, 11) is 0. The fourth-order valence-electron chi connectivity index (χ4n) is 5.58. The number of rotatable bonds is 6. The average Bonchev–Trinajstić information content (AvgIpc) is 3.21. The smallest absolute Gasteiger partial charge is 0.230 e. The third-order valence-corrected chi connectivity index (χ3v) is 7.29. The van der Waals surface area contributed by atoms with Crippen molar-refractivity contribution < 1.29 is 5.11 Å². The molecule has 2 aliphatic rings. The molecule has 4 aromatic rings. The first-order valence-corrected chi connectivity index (χ1v) is 12.5. The molecule has 8 nitrogen and oxygen atoms in total. The Morgan fingerprint density at radius 1 is 1.03 bits per heavy atom. The van der Waals surface area contributed by atoms with Gasteiger partial charge in [-0.15, -0.1) is 0 Å². The summed E-state index contributed by atoms with van der Waals surface area (Å²) in [4.78, 5) is 21.3. The SMILES string of the molecule is OCCCN1CCc2nc(Nc3ncc4c5ccncc5n(C5CCCCC5)c4n3)ccc2C1. The maximum Gasteiger partial charge on any atom is 0.230 e. The Hall–Kier alpha value is -3.10. The molecule has 2 N–H and O–H groups in total. The van der Waals surface area contributed by atoms with Crippen LogP contribution in [0.5, 0.6) is 0 Å². The molecule has 5 heterocycles. The van der Waals surface area contributed by atoms with Crippen molar-refractivity contribution in [1.82, 2.24) is 29.4 Å². The largest absolute Gasteiger partial charge is 0.396 e. The summed E-state index contributed by atoms with van der Waals surface area (Å²) < 4.78 is 2.39. The van der Waals surface area contributed by atoms with E-state index in [1.54, 1.807) is 0 Å². The minimum atomic E-state index is 0.241. The van der Waals surface area contributed by atoms with E-state index >= 15 is 0 Å². The molecule has 1 fully saturated rings. The number of nitrogens with one attached hydrogen (secondary N) is 1. The second-order valence-electron chi connectivity index (χ2n) is 9.52. The quantitative estimate of drug-likeness (QED) is 0.444. The summed E-state index contributed by atoms with van der Waals surface area (Å²) in [5, 5.41) is 14.7. The van der Waals surface area contributed by atoms with Gasteiger partial charge in [0, 0.05) is 67.6 Å². The van der Waals surface area contributed by atoms with Crippen molar-refractivity contribution in [1.29, 1.82) is 0 Å². The number of pyridine rings is 2. The Kier molecular flexibility index (Phi) is 5.84. The van der Waals surface area contributed by atoms with Crippen molar-refractivity contribution in [2.75, 3.05) is 25.0 Å². The Balaban J connectivity index is 1.31. The van der Waals surface area contributed by atoms with Gasteiger partial charge < -0.3 is 15.0 Å². The molecular weight excluding hydrogens is 426 g/mol. The molecule has 8 heteroatoms. The topological polar surface area (TPSA) is 92.0 Å². The highest BCUT2D eigenvalue weighted by Crippen LogP contribution is 2.36. The second-order valence-corrected chi connectivity index (χ2v) is 9.52. The Morgan fingerprint density at radius 3 is 2.82 bits per heavy atom. The van der Waals surface area contributed by atoms with Crippen LogP contribution in [-0.4, -0.2) is 54.2 Å². The zero-order valence-corrected chi connectivity index (χ0v) is 19.5. The van der Waals surface area contributed by atoms with E-state index < -0.39 is 0 Å². The van der Waals surface area contributed by atoms with Crippen LogP contribution in [0.4, 0.5) is 11.8 Å². The number of aromatic nitrogens is 5. The van der Waals surface area contributed by atoms with Gasteiger partial charge in [-0.05, 0) is 37.0 Å². The fraction of sp³-hybridized carbons (Fsp3) is 0.462. The van der Waals surface area contributed by atoms with Crippen molar-refractivity contribution in [3.8, 4) is 0 Å². The lowest BCUT2D eigenvalue weighted by atomic mass is 9.95. The van der Waals surface area contributed by atoms with Gasteiger partial charge in [-0.1, -0.05) is 25.3 Å². The number of hydrogen-bond acceptors (Lipinski definition) is 7. The van der Waals surface area contributed by atoms with Gasteiger partial charge in [-0.2, -0.15) is 4.98 Å². The molecule has 0 bridgehead atoms. The zero-order chi connectivity index (χ0) is 22.9. The van der Waals surface area contributed by atoms with Crippen molar-refractivity contribution in [3.63, 3.8) is 0 Å². The maximum atomic E-state index is 9.10. The van der Waals surface area contributed by atoms with Gasteiger partial charge >= 0.3 is 0 Å². The van der Waals surface area contributed by atoms with Gasteiger partial charge in [-0.3, -0.25) is 9.88 Å². The van der Waals surface area contributed by atoms with Crippen molar-refractivity contribution >= 4 is 33.7 Å². The van der Waals surface area contributed by atoms with Crippen LogP contribution in [-0.2, 0) is 13.0 Å². The number of hydrogen-bond donors (Lipinski definition) is 2. The Labute approximate surface area is 199 Å². The van der Waals surface area contributed by atoms with Gasteiger partial charge in [0.2, 0.25) is 5.95 Å². The summed E-state index contributed by atoms with van der Waals surface area (Å²) in [6.07, 6.45) is 13.7. The summed E-state index contributed by atoms with van der Waals surface area (Å²) >= 11 is 0. The van der Waals surface area contributed by atoms with Gasteiger partial charge in [-0.25, -0.2) is 9.97 Å². The van der Waals surface area contributed by atoms with E-state index in [1.807, 2.05) is 24.7 Å². The molecule has 6 rings (SSSR count). The van der Waals surface area contributed by atoms with Gasteiger partial charge in [0.15, 0.2) is 0 Å². The van der Waals surface area contributed by atoms with Gasteiger partial charge in [0.05, 0.1) is 11.7 Å². The normalized spacial score (nSPS) is 17.3. The van der Waals surface area contributed by atoms with E-state index in [2.05, 4.69) is 36.9 Å². The van der Waals surface area contributed by atoms with E-state index in [0.29, 0.717) is 12.0 Å². The average molecular weight is 458 g/mol. The summed E-state index contributed by atoms with van der Waals surface area (Å²) in [5.41, 5.74) is 4.52. The molecule has 1 aliphatic heterocycles. The van der Waals surface area contributed by atoms with E-state index in [0.717, 1.165) is 60.5 Å². The lowest BCUT2D eigenvalue weighted by Gasteiger charge is -2.28. The molecule has 0 spiro atoms. The van der Waals surface area contributed by atoms with Crippen molar-refractivity contribution in [2.45, 2.75) is 57.5 Å². The van der Waals surface area contributed by atoms with Crippen LogP contribution in [0.25, 0.3) is 21.9 Å². The van der Waals surface area contributed by atoms with Gasteiger partial charge in [0.25, 0.3) is 0 Å². The molecule has 0 atom stereocenters. The summed E-state index contributed by atoms with van der Waals surface area (Å²) in [6.45, 7) is 3.03. The minimum Gasteiger partial charge on any atom is -0.396 e. The van der Waals surface area contributed by atoms with Crippen LogP contribution >= 0.6 is 0 Å². The van der Waals surface area contributed by atoms with Crippen molar-refractivity contribution in [2.24, 2.45) is 0 Å². The van der Waals surface area contributed by atoms with E-state index in [4.69, 9.17) is 15.1 Å². The van der Waals surface area contributed by atoms with Crippen LogP contribution in [0.3, 0.4) is 0 Å². The first-order valence-electron chi connectivity index (χ1n) is 12.5. The molecule has 0 radical (unpaired) electrons. The molecule has 1 aliphatic carbocycles. The first kappa shape index (κ1) is 21.4. The third kappa shape index (κ3) is 4.01. The molecule has 4 aromatic heterocycles. The summed E-state index contributed by atoms with van der Waals surface area (Å²) in [5.74, 6) is 1.36. The first-order chi connectivity index (χ1) is 16.8. The molecule has 0 aromatic carbocycles. The second kappa shape index (κ2) is 9.27. The highest BCUT2D eigenvalue weighted by atomic mass is 16.3. The predicted octanol–water partition coefficient (Wildman–Crippen LogP) is 4.36. The fourth-order valence-corrected chi connectivity index (χ4v) is 5.58. The van der Waals surface area contributed by atoms with Crippen molar-refractivity contribution in [3.05, 3.63) is 48.0 Å². The minimum absolute atomic E-state index is 0.241. The van der Waals surface area contributed by atoms with Crippen LogP contribution in [0.15, 0.2) is 36.8 Å². The summed E-state index contributed by atoms with van der Waals surface area (Å²) in [6, 6.07) is 6.69. The van der Waals surface area contributed by atoms with Crippen LogP contribution in [0.2, 0.25) is 0 Å². The van der Waals surface area contributed by atoms with Crippen LogP contribution < -0.4 is 5.32 Å². The number of aliphatic hydroxyl groups is 1. The molecule has 34 heavy (non-hydrogen) atoms. The number of fused-ring (bicyclic) bond motifs is 4. The predicted molar refractivity (Wildman–Crippen MR) is 133 cm³/mol. The molecular formula is C26H31N7O. The van der Waals surface area contributed by atoms with E-state index in [1.165, 1.54) is 43.1 Å². The third-order valence-electron chi connectivity index (χ3n) is 7.29. The van der Waals surface area contributed by atoms with Crippen LogP contribution in [0, 0.1) is 0 Å². The van der Waals surface area contributed by atoms with Gasteiger partial charge in [0.1, 0.15) is 11.5 Å². The molecule has 0 saturated heterocycles. The standard InChI is InChI=1S/C26H31N7O/c34-14-4-12-32-13-10-22-18(17-32)7-8-24(29-22)30-26-28-15-21-20-9-11-27-16-23(20)33(25(21)31-26)19-5-2-1-3-6-19/h7-9,11,15-16,19,34H,1-6,10,12-14,17H2,(H,28,29,30,31). The molecule has 0 unspecified atom stereocenters. The lowest BCUT2D eigenvalue weighted by molar-refractivity contribution is 0.211. The lowest BCUT2D eigenvalue weighted by Crippen LogP contribution is -2.32. The number of aliphatic hydroxyl groups excluding tert-OH is 1. The Bertz CT molecular complexity index is 1310.